The Morgan fingerprint density at radius 2 is 1.76 bits per heavy atom. The van der Waals surface area contributed by atoms with Crippen molar-refractivity contribution in [2.45, 2.75) is 19.4 Å². The lowest BCUT2D eigenvalue weighted by atomic mass is 10.0. The van der Waals surface area contributed by atoms with Crippen molar-refractivity contribution in [2.75, 3.05) is 20.3 Å². The van der Waals surface area contributed by atoms with Gasteiger partial charge in [-0.3, -0.25) is 14.4 Å². The summed E-state index contributed by atoms with van der Waals surface area (Å²) >= 11 is 6.20. The van der Waals surface area contributed by atoms with Crippen LogP contribution >= 0.6 is 11.6 Å². The summed E-state index contributed by atoms with van der Waals surface area (Å²) in [6.45, 7) is 1.96. The molecule has 1 atom stereocenters. The molecule has 2 N–H and O–H groups in total. The van der Waals surface area contributed by atoms with E-state index in [2.05, 4.69) is 10.6 Å². The zero-order valence-electron chi connectivity index (χ0n) is 16.2. The molecule has 0 fully saturated rings. The molecule has 1 unspecified atom stereocenters. The number of halogens is 1. The molecule has 2 aromatic rings. The molecule has 0 saturated carbocycles. The first kappa shape index (κ1) is 22.2. The van der Waals surface area contributed by atoms with Crippen LogP contribution in [-0.4, -0.2) is 38.0 Å². The quantitative estimate of drug-likeness (QED) is 0.611. The average Bonchev–Trinajstić information content (AvgIpc) is 2.72. The highest BCUT2D eigenvalue weighted by Crippen LogP contribution is 2.25. The van der Waals surface area contributed by atoms with Gasteiger partial charge in [-0.2, -0.15) is 0 Å². The van der Waals surface area contributed by atoms with Crippen molar-refractivity contribution in [3.63, 3.8) is 0 Å². The van der Waals surface area contributed by atoms with Gasteiger partial charge in [-0.1, -0.05) is 41.9 Å². The molecule has 0 heterocycles. The smallest absolute Gasteiger partial charge is 0.307 e. The van der Waals surface area contributed by atoms with E-state index in [-0.39, 0.29) is 13.0 Å². The van der Waals surface area contributed by atoms with Crippen LogP contribution in [0, 0.1) is 0 Å². The van der Waals surface area contributed by atoms with Gasteiger partial charge in [0.05, 0.1) is 38.3 Å². The van der Waals surface area contributed by atoms with E-state index in [1.807, 2.05) is 6.92 Å². The van der Waals surface area contributed by atoms with E-state index >= 15 is 0 Å². The highest BCUT2D eigenvalue weighted by Gasteiger charge is 2.21. The van der Waals surface area contributed by atoms with Crippen molar-refractivity contribution in [2.24, 2.45) is 0 Å². The number of ether oxygens (including phenoxy) is 2. The third kappa shape index (κ3) is 6.50. The SMILES string of the molecule is CCOc1ccccc1C(=O)NCC(=O)NC(CC(=O)OC)c1ccccc1Cl. The van der Waals surface area contributed by atoms with Crippen molar-refractivity contribution in [1.29, 1.82) is 0 Å². The maximum absolute atomic E-state index is 12.4. The molecule has 0 aliphatic carbocycles. The van der Waals surface area contributed by atoms with Gasteiger partial charge in [-0.05, 0) is 30.7 Å². The van der Waals surface area contributed by atoms with E-state index in [0.717, 1.165) is 0 Å². The number of carbonyl (C=O) groups is 3. The van der Waals surface area contributed by atoms with Gasteiger partial charge in [0.15, 0.2) is 0 Å². The predicted octanol–water partition coefficient (Wildman–Crippen LogP) is 2.89. The number of methoxy groups -OCH3 is 1. The number of hydrogen-bond acceptors (Lipinski definition) is 5. The van der Waals surface area contributed by atoms with Crippen LogP contribution in [0.25, 0.3) is 0 Å². The normalized spacial score (nSPS) is 11.3. The van der Waals surface area contributed by atoms with Gasteiger partial charge in [0.25, 0.3) is 5.91 Å². The lowest BCUT2D eigenvalue weighted by Crippen LogP contribution is -2.39. The summed E-state index contributed by atoms with van der Waals surface area (Å²) in [5.74, 6) is -0.968. The lowest BCUT2D eigenvalue weighted by Gasteiger charge is -2.19. The fourth-order valence-electron chi connectivity index (χ4n) is 2.68. The van der Waals surface area contributed by atoms with Gasteiger partial charge in [0.2, 0.25) is 5.91 Å². The van der Waals surface area contributed by atoms with E-state index in [1.165, 1.54) is 7.11 Å². The van der Waals surface area contributed by atoms with Crippen LogP contribution in [0.2, 0.25) is 5.02 Å². The molecule has 0 aromatic heterocycles. The highest BCUT2D eigenvalue weighted by molar-refractivity contribution is 6.31. The molecule has 0 aliphatic heterocycles. The third-order valence-electron chi connectivity index (χ3n) is 4.06. The van der Waals surface area contributed by atoms with Crippen molar-refractivity contribution in [1.82, 2.24) is 10.6 Å². The standard InChI is InChI=1S/C21H23ClN2O5/c1-3-29-18-11-7-5-9-15(18)21(27)23-13-19(25)24-17(12-20(26)28-2)14-8-4-6-10-16(14)22/h4-11,17H,3,12-13H2,1-2H3,(H,23,27)(H,24,25). The van der Waals surface area contributed by atoms with Crippen LogP contribution in [0.15, 0.2) is 48.5 Å². The molecule has 8 heteroatoms. The zero-order chi connectivity index (χ0) is 21.2. The largest absolute Gasteiger partial charge is 0.493 e. The summed E-state index contributed by atoms with van der Waals surface area (Å²) in [4.78, 5) is 36.6. The summed E-state index contributed by atoms with van der Waals surface area (Å²) < 4.78 is 10.1. The first-order valence-electron chi connectivity index (χ1n) is 9.06. The number of hydrogen-bond donors (Lipinski definition) is 2. The minimum absolute atomic E-state index is 0.0902. The van der Waals surface area contributed by atoms with Crippen LogP contribution in [-0.2, 0) is 14.3 Å². The minimum atomic E-state index is -0.684. The molecular weight excluding hydrogens is 396 g/mol. The van der Waals surface area contributed by atoms with Gasteiger partial charge in [-0.25, -0.2) is 0 Å². The first-order valence-corrected chi connectivity index (χ1v) is 9.44. The van der Waals surface area contributed by atoms with Crippen LogP contribution in [0.5, 0.6) is 5.75 Å². The number of rotatable bonds is 9. The Labute approximate surface area is 174 Å². The molecule has 0 aliphatic rings. The number of nitrogens with one attached hydrogen (secondary N) is 2. The van der Waals surface area contributed by atoms with Crippen molar-refractivity contribution in [3.8, 4) is 5.75 Å². The maximum atomic E-state index is 12.4. The highest BCUT2D eigenvalue weighted by atomic mass is 35.5. The molecule has 0 bridgehead atoms. The fourth-order valence-corrected chi connectivity index (χ4v) is 2.95. The topological polar surface area (TPSA) is 93.7 Å². The second kappa shape index (κ2) is 11.1. The van der Waals surface area contributed by atoms with Crippen LogP contribution in [0.3, 0.4) is 0 Å². The number of carbonyl (C=O) groups excluding carboxylic acids is 3. The van der Waals surface area contributed by atoms with Gasteiger partial charge in [0, 0.05) is 5.02 Å². The zero-order valence-corrected chi connectivity index (χ0v) is 17.0. The summed E-state index contributed by atoms with van der Waals surface area (Å²) in [7, 11) is 1.27. The molecule has 2 aromatic carbocycles. The van der Waals surface area contributed by atoms with Crippen LogP contribution < -0.4 is 15.4 Å². The molecule has 2 amide bonds. The molecule has 0 spiro atoms. The van der Waals surface area contributed by atoms with E-state index in [4.69, 9.17) is 21.1 Å². The molecule has 0 radical (unpaired) electrons. The van der Waals surface area contributed by atoms with Crippen LogP contribution in [0.4, 0.5) is 0 Å². The Morgan fingerprint density at radius 1 is 1.07 bits per heavy atom. The number of benzene rings is 2. The summed E-state index contributed by atoms with van der Waals surface area (Å²) in [5, 5.41) is 5.69. The fraction of sp³-hybridized carbons (Fsp3) is 0.286. The Balaban J connectivity index is 2.04. The van der Waals surface area contributed by atoms with Gasteiger partial charge >= 0.3 is 5.97 Å². The number of para-hydroxylation sites is 1. The summed E-state index contributed by atoms with van der Waals surface area (Å²) in [6, 6.07) is 13.0. The van der Waals surface area contributed by atoms with E-state index in [9.17, 15) is 14.4 Å². The number of esters is 1. The second-order valence-corrected chi connectivity index (χ2v) is 6.44. The van der Waals surface area contributed by atoms with Gasteiger partial charge in [0.1, 0.15) is 5.75 Å². The lowest BCUT2D eigenvalue weighted by molar-refractivity contribution is -0.141. The van der Waals surface area contributed by atoms with Crippen LogP contribution in [0.1, 0.15) is 35.3 Å². The average molecular weight is 419 g/mol. The van der Waals surface area contributed by atoms with Gasteiger partial charge in [-0.15, -0.1) is 0 Å². The van der Waals surface area contributed by atoms with Crippen molar-refractivity contribution in [3.05, 3.63) is 64.7 Å². The van der Waals surface area contributed by atoms with Crippen molar-refractivity contribution >= 4 is 29.4 Å². The summed E-state index contributed by atoms with van der Waals surface area (Å²) in [6.07, 6.45) is -0.0902. The molecule has 154 valence electrons. The third-order valence-corrected chi connectivity index (χ3v) is 4.40. The molecule has 2 rings (SSSR count). The van der Waals surface area contributed by atoms with Crippen molar-refractivity contribution < 1.29 is 23.9 Å². The second-order valence-electron chi connectivity index (χ2n) is 6.03. The van der Waals surface area contributed by atoms with E-state index in [1.54, 1.807) is 48.5 Å². The van der Waals surface area contributed by atoms with Gasteiger partial charge < -0.3 is 20.1 Å². The predicted molar refractivity (Wildman–Crippen MR) is 109 cm³/mol. The molecule has 7 nitrogen and oxygen atoms in total. The Morgan fingerprint density at radius 3 is 2.45 bits per heavy atom. The summed E-state index contributed by atoms with van der Waals surface area (Å²) in [5.41, 5.74) is 0.917. The Bertz CT molecular complexity index is 872. The van der Waals surface area contributed by atoms with E-state index < -0.39 is 23.8 Å². The first-order chi connectivity index (χ1) is 14.0. The molecular formula is C21H23ClN2O5. The Hall–Kier alpha value is -3.06. The molecule has 29 heavy (non-hydrogen) atoms. The minimum Gasteiger partial charge on any atom is -0.493 e. The molecule has 0 saturated heterocycles. The number of amides is 2. The van der Waals surface area contributed by atoms with E-state index in [0.29, 0.717) is 28.5 Å². The Kier molecular flexibility index (Phi) is 8.48. The maximum Gasteiger partial charge on any atom is 0.307 e. The monoisotopic (exact) mass is 418 g/mol.